The number of Topliss-reactive ketones (excluding diaryl/α,β-unsaturated/α-hetero) is 1. The number of carbonyl (C=O) groups excluding carboxylic acids is 1. The van der Waals surface area contributed by atoms with Gasteiger partial charge in [0.15, 0.2) is 5.78 Å². The Labute approximate surface area is 134 Å². The van der Waals surface area contributed by atoms with Crippen LogP contribution in [-0.2, 0) is 6.42 Å². The second kappa shape index (κ2) is 7.05. The van der Waals surface area contributed by atoms with E-state index in [2.05, 4.69) is 0 Å². The summed E-state index contributed by atoms with van der Waals surface area (Å²) in [5.74, 6) is 1.81. The Morgan fingerprint density at radius 3 is 2.50 bits per heavy atom. The SMILES string of the molecule is O=C(CCc1cccc(Oc2ccccc2)c1)c1cccs1. The second-order valence-corrected chi connectivity index (χ2v) is 5.91. The van der Waals surface area contributed by atoms with Crippen LogP contribution in [0.4, 0.5) is 0 Å². The van der Waals surface area contributed by atoms with Crippen molar-refractivity contribution < 1.29 is 9.53 Å². The Morgan fingerprint density at radius 1 is 0.909 bits per heavy atom. The molecule has 0 aliphatic heterocycles. The molecule has 0 aliphatic rings. The molecule has 0 amide bonds. The van der Waals surface area contributed by atoms with E-state index >= 15 is 0 Å². The number of ether oxygens (including phenoxy) is 1. The molecule has 0 unspecified atom stereocenters. The van der Waals surface area contributed by atoms with Gasteiger partial charge in [-0.1, -0.05) is 36.4 Å². The predicted octanol–water partition coefficient (Wildman–Crippen LogP) is 5.36. The third kappa shape index (κ3) is 3.83. The zero-order chi connectivity index (χ0) is 15.2. The van der Waals surface area contributed by atoms with E-state index in [0.29, 0.717) is 6.42 Å². The molecule has 3 heteroatoms. The molecule has 22 heavy (non-hydrogen) atoms. The van der Waals surface area contributed by atoms with E-state index in [1.807, 2.05) is 72.1 Å². The van der Waals surface area contributed by atoms with Crippen molar-refractivity contribution in [3.05, 3.63) is 82.6 Å². The first kappa shape index (κ1) is 14.5. The number of aryl methyl sites for hydroxylation is 1. The minimum absolute atomic E-state index is 0.199. The Kier molecular flexibility index (Phi) is 4.66. The predicted molar refractivity (Wildman–Crippen MR) is 89.9 cm³/mol. The number of carbonyl (C=O) groups is 1. The van der Waals surface area contributed by atoms with E-state index in [1.165, 1.54) is 11.3 Å². The van der Waals surface area contributed by atoms with Gasteiger partial charge in [-0.25, -0.2) is 0 Å². The molecular formula is C19H16O2S. The third-order valence-corrected chi connectivity index (χ3v) is 4.22. The second-order valence-electron chi connectivity index (χ2n) is 4.96. The van der Waals surface area contributed by atoms with Gasteiger partial charge in [0.2, 0.25) is 0 Å². The van der Waals surface area contributed by atoms with Crippen molar-refractivity contribution in [3.8, 4) is 11.5 Å². The molecule has 110 valence electrons. The molecule has 0 saturated heterocycles. The molecule has 1 aromatic heterocycles. The van der Waals surface area contributed by atoms with Crippen molar-refractivity contribution in [1.29, 1.82) is 0 Å². The van der Waals surface area contributed by atoms with Crippen LogP contribution in [0.2, 0.25) is 0 Å². The van der Waals surface area contributed by atoms with Crippen LogP contribution in [0.5, 0.6) is 11.5 Å². The van der Waals surface area contributed by atoms with Gasteiger partial charge in [-0.2, -0.15) is 0 Å². The fourth-order valence-corrected chi connectivity index (χ4v) is 2.90. The normalized spacial score (nSPS) is 10.4. The highest BCUT2D eigenvalue weighted by Crippen LogP contribution is 2.22. The Hall–Kier alpha value is -2.39. The zero-order valence-corrected chi connectivity index (χ0v) is 12.9. The summed E-state index contributed by atoms with van der Waals surface area (Å²) in [5.41, 5.74) is 1.11. The monoisotopic (exact) mass is 308 g/mol. The highest BCUT2D eigenvalue weighted by molar-refractivity contribution is 7.12. The fourth-order valence-electron chi connectivity index (χ4n) is 2.21. The highest BCUT2D eigenvalue weighted by atomic mass is 32.1. The van der Waals surface area contributed by atoms with E-state index in [0.717, 1.165) is 28.4 Å². The first-order chi connectivity index (χ1) is 10.8. The molecule has 0 spiro atoms. The van der Waals surface area contributed by atoms with Crippen LogP contribution in [-0.4, -0.2) is 5.78 Å². The number of rotatable bonds is 6. The highest BCUT2D eigenvalue weighted by Gasteiger charge is 2.07. The zero-order valence-electron chi connectivity index (χ0n) is 12.1. The van der Waals surface area contributed by atoms with Crippen molar-refractivity contribution in [2.24, 2.45) is 0 Å². The fraction of sp³-hybridized carbons (Fsp3) is 0.105. The van der Waals surface area contributed by atoms with Crippen LogP contribution in [0.25, 0.3) is 0 Å². The van der Waals surface area contributed by atoms with E-state index in [4.69, 9.17) is 4.74 Å². The maximum atomic E-state index is 12.0. The van der Waals surface area contributed by atoms with Gasteiger partial charge in [-0.3, -0.25) is 4.79 Å². The van der Waals surface area contributed by atoms with E-state index < -0.39 is 0 Å². The number of hydrogen-bond donors (Lipinski definition) is 0. The molecule has 0 fully saturated rings. The molecule has 3 aromatic rings. The standard InChI is InChI=1S/C19H16O2S/c20-18(19-10-5-13-22-19)12-11-15-6-4-9-17(14-15)21-16-7-2-1-3-8-16/h1-10,13-14H,11-12H2. The van der Waals surface area contributed by atoms with Crippen molar-refractivity contribution in [3.63, 3.8) is 0 Å². The molecule has 1 heterocycles. The molecule has 2 nitrogen and oxygen atoms in total. The van der Waals surface area contributed by atoms with Crippen LogP contribution in [0.1, 0.15) is 21.7 Å². The van der Waals surface area contributed by atoms with E-state index in [9.17, 15) is 4.79 Å². The molecule has 0 saturated carbocycles. The summed E-state index contributed by atoms with van der Waals surface area (Å²) in [4.78, 5) is 12.9. The topological polar surface area (TPSA) is 26.3 Å². The number of para-hydroxylation sites is 1. The van der Waals surface area contributed by atoms with E-state index in [1.54, 1.807) is 0 Å². The number of benzene rings is 2. The molecule has 0 atom stereocenters. The van der Waals surface area contributed by atoms with Gasteiger partial charge in [0, 0.05) is 6.42 Å². The first-order valence-electron chi connectivity index (χ1n) is 7.20. The molecule has 3 rings (SSSR count). The lowest BCUT2D eigenvalue weighted by Crippen LogP contribution is -1.98. The van der Waals surface area contributed by atoms with Crippen molar-refractivity contribution in [2.45, 2.75) is 12.8 Å². The Morgan fingerprint density at radius 2 is 1.73 bits per heavy atom. The van der Waals surface area contributed by atoms with Crippen LogP contribution in [0.15, 0.2) is 72.1 Å². The summed E-state index contributed by atoms with van der Waals surface area (Å²) in [5, 5.41) is 1.93. The first-order valence-corrected chi connectivity index (χ1v) is 8.08. The smallest absolute Gasteiger partial charge is 0.173 e. The lowest BCUT2D eigenvalue weighted by Gasteiger charge is -2.07. The van der Waals surface area contributed by atoms with Crippen LogP contribution >= 0.6 is 11.3 Å². The third-order valence-electron chi connectivity index (χ3n) is 3.31. The Bertz CT molecular complexity index is 733. The lowest BCUT2D eigenvalue weighted by molar-refractivity contribution is 0.0986. The van der Waals surface area contributed by atoms with Crippen LogP contribution in [0, 0.1) is 0 Å². The molecule has 0 radical (unpaired) electrons. The van der Waals surface area contributed by atoms with E-state index in [-0.39, 0.29) is 5.78 Å². The Balaban J connectivity index is 1.63. The molecular weight excluding hydrogens is 292 g/mol. The van der Waals surface area contributed by atoms with Gasteiger partial charge in [0.05, 0.1) is 4.88 Å². The molecule has 2 aromatic carbocycles. The van der Waals surface area contributed by atoms with Crippen molar-refractivity contribution >= 4 is 17.1 Å². The molecule has 0 bridgehead atoms. The number of ketones is 1. The summed E-state index contributed by atoms with van der Waals surface area (Å²) in [6.45, 7) is 0. The largest absolute Gasteiger partial charge is 0.457 e. The molecule has 0 aliphatic carbocycles. The molecule has 0 N–H and O–H groups in total. The minimum Gasteiger partial charge on any atom is -0.457 e. The van der Waals surface area contributed by atoms with Gasteiger partial charge in [0.1, 0.15) is 11.5 Å². The maximum absolute atomic E-state index is 12.0. The quantitative estimate of drug-likeness (QED) is 0.573. The van der Waals surface area contributed by atoms with Crippen molar-refractivity contribution in [2.75, 3.05) is 0 Å². The maximum Gasteiger partial charge on any atom is 0.173 e. The summed E-state index contributed by atoms with van der Waals surface area (Å²) < 4.78 is 5.82. The average Bonchev–Trinajstić information content (AvgIpc) is 3.08. The van der Waals surface area contributed by atoms with Gasteiger partial charge in [-0.15, -0.1) is 11.3 Å². The summed E-state index contributed by atoms with van der Waals surface area (Å²) in [7, 11) is 0. The summed E-state index contributed by atoms with van der Waals surface area (Å²) in [6, 6.07) is 21.4. The summed E-state index contributed by atoms with van der Waals surface area (Å²) >= 11 is 1.50. The number of hydrogen-bond acceptors (Lipinski definition) is 3. The van der Waals surface area contributed by atoms with Crippen LogP contribution in [0.3, 0.4) is 0 Å². The summed E-state index contributed by atoms with van der Waals surface area (Å²) in [6.07, 6.45) is 1.25. The number of thiophene rings is 1. The van der Waals surface area contributed by atoms with Gasteiger partial charge in [-0.05, 0) is 47.7 Å². The van der Waals surface area contributed by atoms with Crippen LogP contribution < -0.4 is 4.74 Å². The lowest BCUT2D eigenvalue weighted by atomic mass is 10.1. The van der Waals surface area contributed by atoms with Gasteiger partial charge >= 0.3 is 0 Å². The van der Waals surface area contributed by atoms with Gasteiger partial charge in [0.25, 0.3) is 0 Å². The minimum atomic E-state index is 0.199. The van der Waals surface area contributed by atoms with Gasteiger partial charge < -0.3 is 4.74 Å². The van der Waals surface area contributed by atoms with Crippen molar-refractivity contribution in [1.82, 2.24) is 0 Å². The average molecular weight is 308 g/mol.